The smallest absolute Gasteiger partial charge is 0.235 e. The number of halogens is 1. The monoisotopic (exact) mass is 195 g/mol. The van der Waals surface area contributed by atoms with Crippen LogP contribution in [-0.2, 0) is 11.3 Å². The number of benzene rings is 1. The molecule has 0 aromatic heterocycles. The van der Waals surface area contributed by atoms with E-state index in [-0.39, 0.29) is 18.9 Å². The lowest BCUT2D eigenvalue weighted by atomic mass is 10.2. The molecule has 0 radical (unpaired) electrons. The number of aliphatic imine (C=N–C) groups is 1. The molecule has 0 N–H and O–H groups in total. The van der Waals surface area contributed by atoms with E-state index in [1.165, 1.54) is 18.2 Å². The maximum Gasteiger partial charge on any atom is 0.235 e. The fraction of sp³-hybridized carbons (Fsp3) is 0.222. The second kappa shape index (κ2) is 3.47. The molecular weight excluding hydrogens is 189 g/mol. The number of nitrogens with zero attached hydrogens (tertiary/aromatic N) is 1. The van der Waals surface area contributed by atoms with Crippen LogP contribution in [-0.4, -0.2) is 12.9 Å². The van der Waals surface area contributed by atoms with Crippen molar-refractivity contribution in [2.24, 2.45) is 4.99 Å². The standard InChI is InChI=1S/C9H6FNO3/c10-7-1-2-8-9(14-5-13-8)6(7)3-11-4-12/h1-2H,3,5H2. The molecule has 1 aromatic rings. The van der Waals surface area contributed by atoms with Crippen molar-refractivity contribution in [2.75, 3.05) is 6.79 Å². The van der Waals surface area contributed by atoms with Crippen LogP contribution in [0.1, 0.15) is 5.56 Å². The molecule has 5 heteroatoms. The molecule has 0 amide bonds. The maximum absolute atomic E-state index is 13.2. The summed E-state index contributed by atoms with van der Waals surface area (Å²) in [7, 11) is 0. The van der Waals surface area contributed by atoms with Crippen molar-refractivity contribution >= 4 is 6.08 Å². The van der Waals surface area contributed by atoms with Gasteiger partial charge in [-0.3, -0.25) is 0 Å². The van der Waals surface area contributed by atoms with Gasteiger partial charge in [0, 0.05) is 0 Å². The molecule has 0 atom stereocenters. The summed E-state index contributed by atoms with van der Waals surface area (Å²) in [6, 6.07) is 2.73. The Balaban J connectivity index is 2.45. The molecule has 1 aliphatic rings. The summed E-state index contributed by atoms with van der Waals surface area (Å²) in [6.45, 7) is -0.0154. The normalized spacial score (nSPS) is 12.4. The van der Waals surface area contributed by atoms with Crippen molar-refractivity contribution in [3.05, 3.63) is 23.5 Å². The van der Waals surface area contributed by atoms with Crippen LogP contribution in [0.15, 0.2) is 17.1 Å². The van der Waals surface area contributed by atoms with E-state index >= 15 is 0 Å². The molecule has 0 saturated heterocycles. The van der Waals surface area contributed by atoms with Crippen LogP contribution in [0.3, 0.4) is 0 Å². The maximum atomic E-state index is 13.2. The van der Waals surface area contributed by atoms with Crippen LogP contribution < -0.4 is 9.47 Å². The van der Waals surface area contributed by atoms with Crippen LogP contribution in [0, 0.1) is 5.82 Å². The first kappa shape index (κ1) is 8.72. The Morgan fingerprint density at radius 2 is 2.36 bits per heavy atom. The molecule has 0 bridgehead atoms. The summed E-state index contributed by atoms with van der Waals surface area (Å²) in [4.78, 5) is 13.2. The Hall–Kier alpha value is -1.87. The Kier molecular flexibility index (Phi) is 2.16. The SMILES string of the molecule is O=C=NCc1c(F)ccc2c1OCO2. The van der Waals surface area contributed by atoms with E-state index in [0.717, 1.165) is 0 Å². The van der Waals surface area contributed by atoms with Gasteiger partial charge in [0.2, 0.25) is 12.9 Å². The van der Waals surface area contributed by atoms with Crippen molar-refractivity contribution < 1.29 is 18.7 Å². The molecule has 1 heterocycles. The molecule has 14 heavy (non-hydrogen) atoms. The first-order chi connectivity index (χ1) is 6.83. The summed E-state index contributed by atoms with van der Waals surface area (Å²) >= 11 is 0. The van der Waals surface area contributed by atoms with E-state index in [2.05, 4.69) is 4.99 Å². The highest BCUT2D eigenvalue weighted by atomic mass is 19.1. The molecule has 0 spiro atoms. The largest absolute Gasteiger partial charge is 0.454 e. The minimum Gasteiger partial charge on any atom is -0.454 e. The van der Waals surface area contributed by atoms with Crippen molar-refractivity contribution in [1.29, 1.82) is 0 Å². The third-order valence-corrected chi connectivity index (χ3v) is 1.89. The molecule has 0 unspecified atom stereocenters. The fourth-order valence-corrected chi connectivity index (χ4v) is 1.26. The van der Waals surface area contributed by atoms with Gasteiger partial charge in [0.05, 0.1) is 12.1 Å². The molecule has 0 fully saturated rings. The van der Waals surface area contributed by atoms with E-state index in [1.807, 2.05) is 0 Å². The summed E-state index contributed by atoms with van der Waals surface area (Å²) < 4.78 is 23.3. The third-order valence-electron chi connectivity index (χ3n) is 1.89. The highest BCUT2D eigenvalue weighted by Gasteiger charge is 2.20. The van der Waals surface area contributed by atoms with Crippen LogP contribution in [0.5, 0.6) is 11.5 Å². The lowest BCUT2D eigenvalue weighted by molar-refractivity contribution is 0.173. The van der Waals surface area contributed by atoms with E-state index in [4.69, 9.17) is 9.47 Å². The van der Waals surface area contributed by atoms with Gasteiger partial charge in [0.15, 0.2) is 11.5 Å². The molecule has 0 aliphatic carbocycles. The number of ether oxygens (including phenoxy) is 2. The predicted molar refractivity (Wildman–Crippen MR) is 44.3 cm³/mol. The zero-order chi connectivity index (χ0) is 9.97. The lowest BCUT2D eigenvalue weighted by Crippen LogP contribution is -1.95. The summed E-state index contributed by atoms with van der Waals surface area (Å²) in [5.41, 5.74) is 0.225. The highest BCUT2D eigenvalue weighted by Crippen LogP contribution is 2.37. The summed E-state index contributed by atoms with van der Waals surface area (Å²) in [5.74, 6) is 0.333. The lowest BCUT2D eigenvalue weighted by Gasteiger charge is -2.02. The van der Waals surface area contributed by atoms with Crippen molar-refractivity contribution in [2.45, 2.75) is 6.54 Å². The Labute approximate surface area is 79.0 Å². The van der Waals surface area contributed by atoms with Gasteiger partial charge in [-0.25, -0.2) is 14.2 Å². The van der Waals surface area contributed by atoms with Gasteiger partial charge in [-0.2, -0.15) is 0 Å². The van der Waals surface area contributed by atoms with Gasteiger partial charge < -0.3 is 9.47 Å². The first-order valence-corrected chi connectivity index (χ1v) is 3.93. The van der Waals surface area contributed by atoms with Crippen LogP contribution in [0.2, 0.25) is 0 Å². The van der Waals surface area contributed by atoms with Gasteiger partial charge >= 0.3 is 0 Å². The third kappa shape index (κ3) is 1.34. The van der Waals surface area contributed by atoms with Crippen molar-refractivity contribution in [3.63, 3.8) is 0 Å². The Morgan fingerprint density at radius 3 is 3.14 bits per heavy atom. The van der Waals surface area contributed by atoms with Gasteiger partial charge in [-0.15, -0.1) is 0 Å². The molecule has 72 valence electrons. The van der Waals surface area contributed by atoms with E-state index in [9.17, 15) is 9.18 Å². The number of hydrogen-bond acceptors (Lipinski definition) is 4. The van der Waals surface area contributed by atoms with Gasteiger partial charge in [0.1, 0.15) is 5.82 Å². The van der Waals surface area contributed by atoms with Gasteiger partial charge in [-0.05, 0) is 12.1 Å². The molecule has 2 rings (SSSR count). The second-order valence-corrected chi connectivity index (χ2v) is 2.67. The van der Waals surface area contributed by atoms with Crippen molar-refractivity contribution in [1.82, 2.24) is 0 Å². The average Bonchev–Trinajstić information content (AvgIpc) is 2.64. The predicted octanol–water partition coefficient (Wildman–Crippen LogP) is 1.39. The number of carbonyl (C=O) groups excluding carboxylic acids is 1. The molecular formula is C9H6FNO3. The van der Waals surface area contributed by atoms with Gasteiger partial charge in [0.25, 0.3) is 0 Å². The Bertz CT molecular complexity index is 413. The molecule has 1 aromatic carbocycles. The molecule has 0 saturated carbocycles. The zero-order valence-electron chi connectivity index (χ0n) is 7.12. The van der Waals surface area contributed by atoms with Gasteiger partial charge in [-0.1, -0.05) is 0 Å². The number of fused-ring (bicyclic) bond motifs is 1. The van der Waals surface area contributed by atoms with Crippen LogP contribution >= 0.6 is 0 Å². The topological polar surface area (TPSA) is 47.9 Å². The molecule has 4 nitrogen and oxygen atoms in total. The van der Waals surface area contributed by atoms with Crippen molar-refractivity contribution in [3.8, 4) is 11.5 Å². The highest BCUT2D eigenvalue weighted by molar-refractivity contribution is 5.49. The first-order valence-electron chi connectivity index (χ1n) is 3.93. The van der Waals surface area contributed by atoms with E-state index in [1.54, 1.807) is 0 Å². The zero-order valence-corrected chi connectivity index (χ0v) is 7.12. The fourth-order valence-electron chi connectivity index (χ4n) is 1.26. The number of hydrogen-bond donors (Lipinski definition) is 0. The minimum absolute atomic E-state index is 0.0661. The second-order valence-electron chi connectivity index (χ2n) is 2.67. The minimum atomic E-state index is -0.465. The van der Waals surface area contributed by atoms with E-state index in [0.29, 0.717) is 11.5 Å². The van der Waals surface area contributed by atoms with Crippen LogP contribution in [0.4, 0.5) is 4.39 Å². The quantitative estimate of drug-likeness (QED) is 0.529. The summed E-state index contributed by atoms with van der Waals surface area (Å²) in [5, 5.41) is 0. The molecule has 1 aliphatic heterocycles. The number of rotatable bonds is 2. The van der Waals surface area contributed by atoms with E-state index < -0.39 is 5.82 Å². The average molecular weight is 195 g/mol. The number of isocyanates is 1. The van der Waals surface area contributed by atoms with Crippen LogP contribution in [0.25, 0.3) is 0 Å². The summed E-state index contributed by atoms with van der Waals surface area (Å²) in [6.07, 6.45) is 1.35. The Morgan fingerprint density at radius 1 is 1.50 bits per heavy atom.